The number of sulfonamides is 1. The van der Waals surface area contributed by atoms with Crippen LogP contribution in [0.2, 0.25) is 0 Å². The number of aliphatic hydroxyl groups is 1. The summed E-state index contributed by atoms with van der Waals surface area (Å²) in [7, 11) is -3.42. The van der Waals surface area contributed by atoms with Crippen LogP contribution in [0.3, 0.4) is 0 Å². The van der Waals surface area contributed by atoms with E-state index in [1.54, 1.807) is 0 Å². The molecule has 0 spiro atoms. The van der Waals surface area contributed by atoms with E-state index in [0.717, 1.165) is 11.8 Å². The Balaban J connectivity index is 2.03. The maximum Gasteiger partial charge on any atom is 0.237 e. The molecule has 1 aliphatic heterocycles. The molecule has 0 aromatic heterocycles. The molecule has 7 nitrogen and oxygen atoms in total. The van der Waals surface area contributed by atoms with Gasteiger partial charge < -0.3 is 14.7 Å². The van der Waals surface area contributed by atoms with E-state index in [0.29, 0.717) is 19.6 Å². The first-order valence-electron chi connectivity index (χ1n) is 7.35. The molecule has 128 valence electrons. The number of nitrogens with zero attached hydrogens (tertiary/aromatic N) is 1. The molecule has 1 aromatic carbocycles. The Hall–Kier alpha value is -1.48. The fourth-order valence-corrected chi connectivity index (χ4v) is 2.97. The highest BCUT2D eigenvalue weighted by atomic mass is 32.2. The molecule has 1 atom stereocenters. The number of carbonyl (C=O) groups excluding carboxylic acids is 1. The van der Waals surface area contributed by atoms with Crippen molar-refractivity contribution in [2.75, 3.05) is 39.1 Å². The maximum atomic E-state index is 12.2. The average Bonchev–Trinajstić information content (AvgIpc) is 2.53. The molecular formula is C15H22N2O5S. The zero-order valence-corrected chi connectivity index (χ0v) is 13.9. The standard InChI is InChI=1S/C15H22N2O5S/c1-23(20,21)16-10-14(19)17-7-8-22-15(11-17,12-18)9-13-5-3-2-4-6-13/h2-6,16,18H,7-12H2,1H3. The summed E-state index contributed by atoms with van der Waals surface area (Å²) in [5, 5.41) is 9.79. The van der Waals surface area contributed by atoms with Crippen molar-refractivity contribution in [2.24, 2.45) is 0 Å². The summed E-state index contributed by atoms with van der Waals surface area (Å²) in [6, 6.07) is 9.59. The minimum Gasteiger partial charge on any atom is -0.393 e. The maximum absolute atomic E-state index is 12.2. The van der Waals surface area contributed by atoms with Gasteiger partial charge in [0.25, 0.3) is 0 Å². The Morgan fingerprint density at radius 1 is 1.39 bits per heavy atom. The molecular weight excluding hydrogens is 320 g/mol. The Kier molecular flexibility index (Phi) is 5.74. The van der Waals surface area contributed by atoms with Crippen molar-refractivity contribution >= 4 is 15.9 Å². The van der Waals surface area contributed by atoms with Gasteiger partial charge in [-0.15, -0.1) is 0 Å². The van der Waals surface area contributed by atoms with Crippen LogP contribution in [0.25, 0.3) is 0 Å². The van der Waals surface area contributed by atoms with Gasteiger partial charge in [0.1, 0.15) is 5.60 Å². The molecule has 0 aliphatic carbocycles. The van der Waals surface area contributed by atoms with Gasteiger partial charge in [0, 0.05) is 13.0 Å². The molecule has 0 radical (unpaired) electrons. The number of amides is 1. The molecule has 1 saturated heterocycles. The largest absolute Gasteiger partial charge is 0.393 e. The molecule has 1 amide bonds. The Morgan fingerprint density at radius 2 is 2.09 bits per heavy atom. The predicted molar refractivity (Wildman–Crippen MR) is 85.3 cm³/mol. The van der Waals surface area contributed by atoms with Crippen molar-refractivity contribution in [1.29, 1.82) is 0 Å². The van der Waals surface area contributed by atoms with Gasteiger partial charge in [0.15, 0.2) is 0 Å². The van der Waals surface area contributed by atoms with Crippen LogP contribution >= 0.6 is 0 Å². The van der Waals surface area contributed by atoms with E-state index >= 15 is 0 Å². The lowest BCUT2D eigenvalue weighted by Gasteiger charge is -2.42. The molecule has 1 fully saturated rings. The molecule has 1 aliphatic rings. The number of morpholine rings is 1. The zero-order chi connectivity index (χ0) is 16.9. The van der Waals surface area contributed by atoms with Crippen molar-refractivity contribution in [3.63, 3.8) is 0 Å². The van der Waals surface area contributed by atoms with Crippen LogP contribution in [0, 0.1) is 0 Å². The molecule has 1 unspecified atom stereocenters. The van der Waals surface area contributed by atoms with Gasteiger partial charge >= 0.3 is 0 Å². The van der Waals surface area contributed by atoms with Gasteiger partial charge in [-0.05, 0) is 5.56 Å². The van der Waals surface area contributed by atoms with E-state index in [2.05, 4.69) is 4.72 Å². The van der Waals surface area contributed by atoms with Gasteiger partial charge in [0.2, 0.25) is 15.9 Å². The number of ether oxygens (including phenoxy) is 1. The topological polar surface area (TPSA) is 95.9 Å². The molecule has 0 bridgehead atoms. The summed E-state index contributed by atoms with van der Waals surface area (Å²) in [6.07, 6.45) is 1.49. The molecule has 2 N–H and O–H groups in total. The minimum atomic E-state index is -3.42. The monoisotopic (exact) mass is 342 g/mol. The molecule has 23 heavy (non-hydrogen) atoms. The number of hydrogen-bond donors (Lipinski definition) is 2. The van der Waals surface area contributed by atoms with E-state index in [4.69, 9.17) is 4.74 Å². The van der Waals surface area contributed by atoms with E-state index in [9.17, 15) is 18.3 Å². The van der Waals surface area contributed by atoms with Crippen LogP contribution in [-0.4, -0.2) is 69.0 Å². The fraction of sp³-hybridized carbons (Fsp3) is 0.533. The molecule has 1 aromatic rings. The van der Waals surface area contributed by atoms with Gasteiger partial charge in [-0.3, -0.25) is 4.79 Å². The number of rotatable bonds is 6. The van der Waals surface area contributed by atoms with Crippen LogP contribution < -0.4 is 4.72 Å². The second kappa shape index (κ2) is 7.39. The number of hydrogen-bond acceptors (Lipinski definition) is 5. The highest BCUT2D eigenvalue weighted by Gasteiger charge is 2.38. The van der Waals surface area contributed by atoms with E-state index in [1.165, 1.54) is 4.90 Å². The van der Waals surface area contributed by atoms with E-state index in [-0.39, 0.29) is 25.6 Å². The third-order valence-electron chi connectivity index (χ3n) is 3.74. The Morgan fingerprint density at radius 3 is 2.70 bits per heavy atom. The first kappa shape index (κ1) is 17.9. The summed E-state index contributed by atoms with van der Waals surface area (Å²) in [4.78, 5) is 13.7. The van der Waals surface area contributed by atoms with Crippen molar-refractivity contribution in [2.45, 2.75) is 12.0 Å². The van der Waals surface area contributed by atoms with Crippen LogP contribution in [0.1, 0.15) is 5.56 Å². The molecule has 8 heteroatoms. The van der Waals surface area contributed by atoms with Crippen LogP contribution in [-0.2, 0) is 26.0 Å². The SMILES string of the molecule is CS(=O)(=O)NCC(=O)N1CCOC(CO)(Cc2ccccc2)C1. The zero-order valence-electron chi connectivity index (χ0n) is 13.1. The first-order valence-corrected chi connectivity index (χ1v) is 9.24. The third-order valence-corrected chi connectivity index (χ3v) is 4.41. The summed E-state index contributed by atoms with van der Waals surface area (Å²) in [5.41, 5.74) is 0.144. The smallest absolute Gasteiger partial charge is 0.237 e. The fourth-order valence-electron chi connectivity index (χ4n) is 2.59. The van der Waals surface area contributed by atoms with Crippen molar-refractivity contribution in [3.8, 4) is 0 Å². The van der Waals surface area contributed by atoms with Crippen molar-refractivity contribution < 1.29 is 23.1 Å². The lowest BCUT2D eigenvalue weighted by Crippen LogP contribution is -2.58. The third kappa shape index (κ3) is 5.28. The predicted octanol–water partition coefficient (Wildman–Crippen LogP) is -0.632. The Bertz CT molecular complexity index is 635. The molecule has 2 rings (SSSR count). The van der Waals surface area contributed by atoms with Gasteiger partial charge in [0.05, 0.1) is 32.6 Å². The lowest BCUT2D eigenvalue weighted by molar-refractivity contribution is -0.156. The van der Waals surface area contributed by atoms with Crippen LogP contribution in [0.4, 0.5) is 0 Å². The normalized spacial score (nSPS) is 22.1. The second-order valence-electron chi connectivity index (χ2n) is 5.76. The number of nitrogens with one attached hydrogen (secondary N) is 1. The summed E-state index contributed by atoms with van der Waals surface area (Å²) < 4.78 is 30.1. The van der Waals surface area contributed by atoms with Crippen LogP contribution in [0.15, 0.2) is 30.3 Å². The molecule has 0 saturated carbocycles. The second-order valence-corrected chi connectivity index (χ2v) is 7.59. The Labute approximate surface area is 136 Å². The van der Waals surface area contributed by atoms with E-state index in [1.807, 2.05) is 30.3 Å². The minimum absolute atomic E-state index is 0.217. The van der Waals surface area contributed by atoms with Gasteiger partial charge in [-0.2, -0.15) is 0 Å². The lowest BCUT2D eigenvalue weighted by atomic mass is 9.93. The van der Waals surface area contributed by atoms with Crippen molar-refractivity contribution in [3.05, 3.63) is 35.9 Å². The number of carbonyl (C=O) groups is 1. The molecule has 1 heterocycles. The van der Waals surface area contributed by atoms with Crippen molar-refractivity contribution in [1.82, 2.24) is 9.62 Å². The summed E-state index contributed by atoms with van der Waals surface area (Å²) in [5.74, 6) is -0.329. The average molecular weight is 342 g/mol. The van der Waals surface area contributed by atoms with Crippen LogP contribution in [0.5, 0.6) is 0 Å². The highest BCUT2D eigenvalue weighted by Crippen LogP contribution is 2.23. The highest BCUT2D eigenvalue weighted by molar-refractivity contribution is 7.88. The van der Waals surface area contributed by atoms with Gasteiger partial charge in [-0.25, -0.2) is 13.1 Å². The summed E-state index contributed by atoms with van der Waals surface area (Å²) in [6.45, 7) is 0.401. The number of benzene rings is 1. The number of aliphatic hydroxyl groups excluding tert-OH is 1. The van der Waals surface area contributed by atoms with E-state index < -0.39 is 15.6 Å². The van der Waals surface area contributed by atoms with Gasteiger partial charge in [-0.1, -0.05) is 30.3 Å². The summed E-state index contributed by atoms with van der Waals surface area (Å²) >= 11 is 0. The quantitative estimate of drug-likeness (QED) is 0.717. The first-order chi connectivity index (χ1) is 10.8.